The number of nitrogens with one attached hydrogen (secondary N) is 1. The minimum absolute atomic E-state index is 0.0411. The van der Waals surface area contributed by atoms with E-state index in [9.17, 15) is 9.59 Å². The van der Waals surface area contributed by atoms with Gasteiger partial charge in [0.2, 0.25) is 5.91 Å². The lowest BCUT2D eigenvalue weighted by Crippen LogP contribution is -2.43. The van der Waals surface area contributed by atoms with Gasteiger partial charge in [-0.05, 0) is 44.6 Å². The lowest BCUT2D eigenvalue weighted by Gasteiger charge is -2.30. The van der Waals surface area contributed by atoms with E-state index in [4.69, 9.17) is 4.74 Å². The van der Waals surface area contributed by atoms with E-state index in [1.807, 2.05) is 38.4 Å². The van der Waals surface area contributed by atoms with Crippen molar-refractivity contribution in [3.63, 3.8) is 0 Å². The van der Waals surface area contributed by atoms with E-state index in [1.165, 1.54) is 7.11 Å². The van der Waals surface area contributed by atoms with Crippen molar-refractivity contribution in [2.45, 2.75) is 19.4 Å². The molecule has 126 valence electrons. The molecular weight excluding hydrogens is 294 g/mol. The van der Waals surface area contributed by atoms with Gasteiger partial charge < -0.3 is 19.9 Å². The van der Waals surface area contributed by atoms with Crippen molar-refractivity contribution in [1.29, 1.82) is 0 Å². The van der Waals surface area contributed by atoms with Crippen LogP contribution in [-0.4, -0.2) is 56.1 Å². The van der Waals surface area contributed by atoms with E-state index in [2.05, 4.69) is 10.2 Å². The molecule has 1 aliphatic heterocycles. The maximum Gasteiger partial charge on any atom is 0.409 e. The van der Waals surface area contributed by atoms with Crippen LogP contribution in [0.5, 0.6) is 0 Å². The zero-order chi connectivity index (χ0) is 16.8. The zero-order valence-electron chi connectivity index (χ0n) is 14.0. The lowest BCUT2D eigenvalue weighted by atomic mass is 9.97. The van der Waals surface area contributed by atoms with Crippen molar-refractivity contribution in [1.82, 2.24) is 9.80 Å². The van der Waals surface area contributed by atoms with Crippen LogP contribution < -0.4 is 5.32 Å². The Morgan fingerprint density at radius 2 is 2.17 bits per heavy atom. The summed E-state index contributed by atoms with van der Waals surface area (Å²) in [6.45, 7) is 1.88. The van der Waals surface area contributed by atoms with E-state index in [0.29, 0.717) is 13.1 Å². The van der Waals surface area contributed by atoms with Gasteiger partial charge >= 0.3 is 6.09 Å². The van der Waals surface area contributed by atoms with Gasteiger partial charge in [-0.15, -0.1) is 0 Å². The molecule has 1 heterocycles. The van der Waals surface area contributed by atoms with Gasteiger partial charge in [-0.3, -0.25) is 4.79 Å². The first-order valence-corrected chi connectivity index (χ1v) is 7.87. The van der Waals surface area contributed by atoms with E-state index >= 15 is 0 Å². The van der Waals surface area contributed by atoms with Crippen molar-refractivity contribution in [3.8, 4) is 0 Å². The van der Waals surface area contributed by atoms with Gasteiger partial charge in [0.25, 0.3) is 0 Å². The van der Waals surface area contributed by atoms with Gasteiger partial charge in [0.1, 0.15) is 0 Å². The molecular formula is C17H25N3O3. The number of likely N-dealkylation sites (tertiary alicyclic amines) is 1. The zero-order valence-corrected chi connectivity index (χ0v) is 14.0. The highest BCUT2D eigenvalue weighted by Crippen LogP contribution is 2.20. The summed E-state index contributed by atoms with van der Waals surface area (Å²) < 4.78 is 4.74. The molecule has 0 spiro atoms. The Hall–Kier alpha value is -2.08. The van der Waals surface area contributed by atoms with E-state index in [1.54, 1.807) is 4.90 Å². The highest BCUT2D eigenvalue weighted by atomic mass is 16.5. The molecule has 0 aliphatic carbocycles. The lowest BCUT2D eigenvalue weighted by molar-refractivity contribution is -0.121. The summed E-state index contributed by atoms with van der Waals surface area (Å²) in [5, 5.41) is 2.97. The number of carbonyl (C=O) groups is 2. The minimum Gasteiger partial charge on any atom is -0.453 e. The second kappa shape index (κ2) is 7.97. The molecule has 23 heavy (non-hydrogen) atoms. The average Bonchev–Trinajstić information content (AvgIpc) is 2.54. The second-order valence-corrected chi connectivity index (χ2v) is 6.18. The Labute approximate surface area is 137 Å². The van der Waals surface area contributed by atoms with Crippen molar-refractivity contribution in [2.24, 2.45) is 5.92 Å². The molecule has 0 unspecified atom stereocenters. The van der Waals surface area contributed by atoms with Gasteiger partial charge in [0.05, 0.1) is 13.0 Å². The Kier molecular flexibility index (Phi) is 5.98. The van der Waals surface area contributed by atoms with Gasteiger partial charge in [0, 0.05) is 25.3 Å². The Balaban J connectivity index is 1.97. The van der Waals surface area contributed by atoms with Crippen LogP contribution in [0, 0.1) is 5.92 Å². The average molecular weight is 319 g/mol. The normalized spacial score (nSPS) is 17.9. The first-order chi connectivity index (χ1) is 11.0. The monoisotopic (exact) mass is 319 g/mol. The molecule has 0 saturated carbocycles. The summed E-state index contributed by atoms with van der Waals surface area (Å²) in [6.07, 6.45) is 1.24. The summed E-state index contributed by atoms with van der Waals surface area (Å²) in [7, 11) is 5.38. The summed E-state index contributed by atoms with van der Waals surface area (Å²) in [5.41, 5.74) is 1.94. The van der Waals surface area contributed by atoms with Crippen LogP contribution in [0.15, 0.2) is 24.3 Å². The summed E-state index contributed by atoms with van der Waals surface area (Å²) in [6, 6.07) is 7.85. The van der Waals surface area contributed by atoms with E-state index in [0.717, 1.165) is 30.6 Å². The van der Waals surface area contributed by atoms with Gasteiger partial charge in [-0.2, -0.15) is 0 Å². The number of hydrogen-bond acceptors (Lipinski definition) is 4. The van der Waals surface area contributed by atoms with Gasteiger partial charge in [-0.25, -0.2) is 4.79 Å². The first-order valence-electron chi connectivity index (χ1n) is 7.87. The van der Waals surface area contributed by atoms with Crippen molar-refractivity contribution >= 4 is 17.7 Å². The number of rotatable bonds is 4. The molecule has 1 N–H and O–H groups in total. The van der Waals surface area contributed by atoms with Crippen LogP contribution in [0.4, 0.5) is 10.5 Å². The predicted octanol–water partition coefficient (Wildman–Crippen LogP) is 2.17. The highest BCUT2D eigenvalue weighted by Gasteiger charge is 2.28. The van der Waals surface area contributed by atoms with Gasteiger partial charge in [-0.1, -0.05) is 12.1 Å². The largest absolute Gasteiger partial charge is 0.453 e. The van der Waals surface area contributed by atoms with Crippen molar-refractivity contribution in [3.05, 3.63) is 29.8 Å². The Morgan fingerprint density at radius 3 is 2.87 bits per heavy atom. The third kappa shape index (κ3) is 4.96. The molecule has 0 radical (unpaired) electrons. The number of methoxy groups -OCH3 is 1. The number of amides is 2. The predicted molar refractivity (Wildman–Crippen MR) is 89.2 cm³/mol. The standard InChI is InChI=1S/C17H25N3O3/c1-19(2)11-13-6-4-8-15(10-13)18-16(21)14-7-5-9-20(12-14)17(22)23-3/h4,6,8,10,14H,5,7,9,11-12H2,1-3H3,(H,18,21)/t14-/m1/s1. The maximum absolute atomic E-state index is 12.5. The van der Waals surface area contributed by atoms with E-state index < -0.39 is 0 Å². The second-order valence-electron chi connectivity index (χ2n) is 6.18. The first kappa shape index (κ1) is 17.3. The molecule has 0 aromatic heterocycles. The molecule has 1 aromatic carbocycles. The maximum atomic E-state index is 12.5. The molecule has 1 atom stereocenters. The van der Waals surface area contributed by atoms with Crippen LogP contribution in [0.1, 0.15) is 18.4 Å². The topological polar surface area (TPSA) is 61.9 Å². The number of piperidine rings is 1. The summed E-state index contributed by atoms with van der Waals surface area (Å²) in [4.78, 5) is 27.7. The van der Waals surface area contributed by atoms with Crippen LogP contribution in [0.2, 0.25) is 0 Å². The summed E-state index contributed by atoms with van der Waals surface area (Å²) in [5.74, 6) is -0.235. The van der Waals surface area contributed by atoms with Crippen LogP contribution in [0.25, 0.3) is 0 Å². The van der Waals surface area contributed by atoms with Crippen LogP contribution >= 0.6 is 0 Å². The SMILES string of the molecule is COC(=O)N1CCC[C@@H](C(=O)Nc2cccc(CN(C)C)c2)C1. The molecule has 6 heteroatoms. The molecule has 1 aromatic rings. The number of anilines is 1. The highest BCUT2D eigenvalue weighted by molar-refractivity contribution is 5.93. The number of carbonyl (C=O) groups excluding carboxylic acids is 2. The van der Waals surface area contributed by atoms with Crippen molar-refractivity contribution in [2.75, 3.05) is 39.6 Å². The fraction of sp³-hybridized carbons (Fsp3) is 0.529. The fourth-order valence-corrected chi connectivity index (χ4v) is 2.84. The van der Waals surface area contributed by atoms with Crippen molar-refractivity contribution < 1.29 is 14.3 Å². The van der Waals surface area contributed by atoms with Gasteiger partial charge in [0.15, 0.2) is 0 Å². The number of hydrogen-bond donors (Lipinski definition) is 1. The smallest absolute Gasteiger partial charge is 0.409 e. The summed E-state index contributed by atoms with van der Waals surface area (Å²) >= 11 is 0. The van der Waals surface area contributed by atoms with E-state index in [-0.39, 0.29) is 17.9 Å². The number of nitrogens with zero attached hydrogens (tertiary/aromatic N) is 2. The molecule has 1 saturated heterocycles. The Bertz CT molecular complexity index is 560. The number of ether oxygens (including phenoxy) is 1. The third-order valence-corrected chi connectivity index (χ3v) is 3.92. The molecule has 6 nitrogen and oxygen atoms in total. The number of benzene rings is 1. The Morgan fingerprint density at radius 1 is 1.39 bits per heavy atom. The molecule has 2 rings (SSSR count). The molecule has 1 fully saturated rings. The molecule has 1 aliphatic rings. The molecule has 0 bridgehead atoms. The molecule has 2 amide bonds. The quantitative estimate of drug-likeness (QED) is 0.924. The minimum atomic E-state index is -0.365. The fourth-order valence-electron chi connectivity index (χ4n) is 2.84. The third-order valence-electron chi connectivity index (χ3n) is 3.92. The van der Waals surface area contributed by atoms with Crippen LogP contribution in [0.3, 0.4) is 0 Å². The van der Waals surface area contributed by atoms with Crippen LogP contribution in [-0.2, 0) is 16.1 Å².